The Morgan fingerprint density at radius 1 is 1.12 bits per heavy atom. The van der Waals surface area contributed by atoms with Gasteiger partial charge in [-0.1, -0.05) is 48.8 Å². The zero-order chi connectivity index (χ0) is 19.5. The van der Waals surface area contributed by atoms with Crippen molar-refractivity contribution in [2.75, 3.05) is 0 Å². The van der Waals surface area contributed by atoms with Gasteiger partial charge >= 0.3 is 5.69 Å². The van der Waals surface area contributed by atoms with Crippen LogP contribution in [-0.2, 0) is 11.0 Å². The van der Waals surface area contributed by atoms with Gasteiger partial charge in [-0.05, 0) is 48.0 Å². The molecule has 2 aromatic rings. The van der Waals surface area contributed by atoms with Crippen LogP contribution in [0.2, 0.25) is 18.1 Å². The fraction of sp³-hybridized carbons (Fsp3) is 0.368. The number of ether oxygens (including phenoxy) is 1. The number of nitro groups is 1. The molecule has 0 amide bonds. The predicted molar refractivity (Wildman–Crippen MR) is 109 cm³/mol. The van der Waals surface area contributed by atoms with Crippen LogP contribution in [0.1, 0.15) is 26.3 Å². The summed E-state index contributed by atoms with van der Waals surface area (Å²) >= 11 is 3.24. The third kappa shape index (κ3) is 5.15. The normalized spacial score (nSPS) is 12.1. The van der Waals surface area contributed by atoms with E-state index in [4.69, 9.17) is 9.16 Å². The topological polar surface area (TPSA) is 61.6 Å². The van der Waals surface area contributed by atoms with Crippen molar-refractivity contribution in [2.24, 2.45) is 0 Å². The second-order valence-electron chi connectivity index (χ2n) is 7.66. The highest BCUT2D eigenvalue weighted by Crippen LogP contribution is 2.37. The quantitative estimate of drug-likeness (QED) is 0.287. The highest BCUT2D eigenvalue weighted by atomic mass is 79.9. The van der Waals surface area contributed by atoms with E-state index in [9.17, 15) is 10.1 Å². The van der Waals surface area contributed by atoms with Crippen LogP contribution in [-0.4, -0.2) is 13.2 Å². The van der Waals surface area contributed by atoms with E-state index in [2.05, 4.69) is 49.8 Å². The molecule has 0 aliphatic carbocycles. The summed E-state index contributed by atoms with van der Waals surface area (Å²) in [4.78, 5) is 10.7. The number of halogens is 1. The Morgan fingerprint density at radius 3 is 2.27 bits per heavy atom. The highest BCUT2D eigenvalue weighted by molar-refractivity contribution is 9.10. The average molecular weight is 438 g/mol. The predicted octanol–water partition coefficient (Wildman–Crippen LogP) is 6.67. The van der Waals surface area contributed by atoms with Crippen LogP contribution in [0.15, 0.2) is 46.9 Å². The molecule has 0 radical (unpaired) electrons. The summed E-state index contributed by atoms with van der Waals surface area (Å²) in [5.41, 5.74) is 0.970. The van der Waals surface area contributed by atoms with Crippen LogP contribution in [0, 0.1) is 10.1 Å². The minimum absolute atomic E-state index is 0.0790. The average Bonchev–Trinajstić information content (AvgIpc) is 2.54. The molecule has 0 atom stereocenters. The Hall–Kier alpha value is -1.70. The Kier molecular flexibility index (Phi) is 6.26. The first-order valence-corrected chi connectivity index (χ1v) is 12.0. The Morgan fingerprint density at radius 2 is 1.73 bits per heavy atom. The van der Waals surface area contributed by atoms with Gasteiger partial charge < -0.3 is 9.16 Å². The molecule has 0 N–H and O–H groups in total. The highest BCUT2D eigenvalue weighted by Gasteiger charge is 2.36. The third-order valence-electron chi connectivity index (χ3n) is 4.67. The molecule has 26 heavy (non-hydrogen) atoms. The largest absolute Gasteiger partial charge is 0.450 e. The van der Waals surface area contributed by atoms with Gasteiger partial charge in [0.1, 0.15) is 5.75 Å². The van der Waals surface area contributed by atoms with Crippen molar-refractivity contribution >= 4 is 29.9 Å². The van der Waals surface area contributed by atoms with E-state index in [1.54, 1.807) is 24.3 Å². The lowest BCUT2D eigenvalue weighted by atomic mass is 10.2. The van der Waals surface area contributed by atoms with E-state index in [1.165, 1.54) is 6.07 Å². The van der Waals surface area contributed by atoms with Crippen molar-refractivity contribution in [3.63, 3.8) is 0 Å². The molecular weight excluding hydrogens is 414 g/mol. The molecule has 7 heteroatoms. The van der Waals surface area contributed by atoms with Crippen molar-refractivity contribution in [1.82, 2.24) is 0 Å². The van der Waals surface area contributed by atoms with Crippen LogP contribution in [0.5, 0.6) is 11.5 Å². The summed E-state index contributed by atoms with van der Waals surface area (Å²) < 4.78 is 12.5. The number of hydrogen-bond acceptors (Lipinski definition) is 4. The zero-order valence-electron chi connectivity index (χ0n) is 15.7. The lowest BCUT2D eigenvalue weighted by Gasteiger charge is -2.36. The van der Waals surface area contributed by atoms with Crippen molar-refractivity contribution in [3.05, 3.63) is 62.6 Å². The van der Waals surface area contributed by atoms with Crippen LogP contribution < -0.4 is 4.74 Å². The van der Waals surface area contributed by atoms with E-state index in [0.29, 0.717) is 16.8 Å². The number of nitrogens with zero attached hydrogens (tertiary/aromatic N) is 1. The maximum atomic E-state index is 11.2. The van der Waals surface area contributed by atoms with Gasteiger partial charge in [-0.25, -0.2) is 0 Å². The van der Waals surface area contributed by atoms with Gasteiger partial charge in [0, 0.05) is 10.5 Å². The Bertz CT molecular complexity index is 785. The summed E-state index contributed by atoms with van der Waals surface area (Å²) in [6, 6.07) is 12.2. The first-order valence-electron chi connectivity index (χ1n) is 8.34. The first-order chi connectivity index (χ1) is 12.0. The molecule has 0 aliphatic rings. The minimum Gasteiger partial charge on any atom is -0.450 e. The fourth-order valence-electron chi connectivity index (χ4n) is 1.98. The molecule has 0 saturated heterocycles. The second-order valence-corrected chi connectivity index (χ2v) is 13.4. The van der Waals surface area contributed by atoms with Crippen LogP contribution in [0.25, 0.3) is 0 Å². The summed E-state index contributed by atoms with van der Waals surface area (Å²) in [6.45, 7) is 11.6. The zero-order valence-corrected chi connectivity index (χ0v) is 18.3. The number of nitro benzene ring substituents is 1. The lowest BCUT2D eigenvalue weighted by molar-refractivity contribution is -0.385. The molecular formula is C19H24BrNO4Si. The molecule has 0 heterocycles. The van der Waals surface area contributed by atoms with E-state index < -0.39 is 13.2 Å². The number of benzene rings is 2. The summed E-state index contributed by atoms with van der Waals surface area (Å²) in [5, 5.41) is 11.3. The third-order valence-corrected chi connectivity index (χ3v) is 9.65. The van der Waals surface area contributed by atoms with Crippen LogP contribution >= 0.6 is 15.9 Å². The van der Waals surface area contributed by atoms with E-state index >= 15 is 0 Å². The van der Waals surface area contributed by atoms with Gasteiger partial charge in [0.05, 0.1) is 11.5 Å². The van der Waals surface area contributed by atoms with Gasteiger partial charge in [-0.3, -0.25) is 10.1 Å². The standard InChI is InChI=1S/C19H24BrNO4Si/c1-19(2,3)26(4,5)24-13-14-6-9-16(10-7-14)25-18-11-8-15(20)12-17(18)21(22)23/h6-12H,13H2,1-5H3. The summed E-state index contributed by atoms with van der Waals surface area (Å²) in [7, 11) is -1.80. The van der Waals surface area contributed by atoms with E-state index in [0.717, 1.165) is 5.56 Å². The van der Waals surface area contributed by atoms with Crippen molar-refractivity contribution in [1.29, 1.82) is 0 Å². The fourth-order valence-corrected chi connectivity index (χ4v) is 3.29. The van der Waals surface area contributed by atoms with Gasteiger partial charge in [0.2, 0.25) is 5.75 Å². The van der Waals surface area contributed by atoms with E-state index in [1.807, 2.05) is 12.1 Å². The molecule has 2 rings (SSSR count). The molecule has 0 fully saturated rings. The molecule has 0 saturated carbocycles. The SMILES string of the molecule is CC(C)(C)[Si](C)(C)OCc1ccc(Oc2ccc(Br)cc2[N+](=O)[O-])cc1. The number of hydrogen-bond donors (Lipinski definition) is 0. The number of rotatable bonds is 6. The summed E-state index contributed by atoms with van der Waals surface area (Å²) in [5.74, 6) is 0.759. The lowest BCUT2D eigenvalue weighted by Crippen LogP contribution is -2.40. The maximum absolute atomic E-state index is 11.2. The molecule has 0 aliphatic heterocycles. The smallest absolute Gasteiger partial charge is 0.312 e. The summed E-state index contributed by atoms with van der Waals surface area (Å²) in [6.07, 6.45) is 0. The Labute approximate surface area is 163 Å². The molecule has 0 spiro atoms. The minimum atomic E-state index is -1.80. The van der Waals surface area contributed by atoms with E-state index in [-0.39, 0.29) is 16.5 Å². The van der Waals surface area contributed by atoms with Crippen molar-refractivity contribution in [3.8, 4) is 11.5 Å². The molecule has 5 nitrogen and oxygen atoms in total. The van der Waals surface area contributed by atoms with Crippen LogP contribution in [0.4, 0.5) is 5.69 Å². The first kappa shape index (κ1) is 20.6. The molecule has 0 unspecified atom stereocenters. The second kappa shape index (κ2) is 7.90. The molecule has 0 aromatic heterocycles. The molecule has 0 bridgehead atoms. The monoisotopic (exact) mass is 437 g/mol. The van der Waals surface area contributed by atoms with Crippen molar-refractivity contribution in [2.45, 2.75) is 45.5 Å². The van der Waals surface area contributed by atoms with Crippen molar-refractivity contribution < 1.29 is 14.1 Å². The van der Waals surface area contributed by atoms with Gasteiger partial charge in [-0.15, -0.1) is 0 Å². The Balaban J connectivity index is 2.08. The molecule has 140 valence electrons. The van der Waals surface area contributed by atoms with Gasteiger partial charge in [-0.2, -0.15) is 0 Å². The molecule has 2 aromatic carbocycles. The van der Waals surface area contributed by atoms with Gasteiger partial charge in [0.25, 0.3) is 0 Å². The van der Waals surface area contributed by atoms with Crippen LogP contribution in [0.3, 0.4) is 0 Å². The maximum Gasteiger partial charge on any atom is 0.312 e. The van der Waals surface area contributed by atoms with Gasteiger partial charge in [0.15, 0.2) is 8.32 Å².